The molecule has 0 radical (unpaired) electrons. The van der Waals surface area contributed by atoms with Crippen molar-refractivity contribution in [2.75, 3.05) is 7.11 Å². The molecule has 0 fully saturated rings. The number of carboxylic acids is 1. The Bertz CT molecular complexity index is 721. The summed E-state index contributed by atoms with van der Waals surface area (Å²) < 4.78 is 11.0. The summed E-state index contributed by atoms with van der Waals surface area (Å²) in [6.45, 7) is 3.45. The van der Waals surface area contributed by atoms with Crippen LogP contribution < -0.4 is 9.47 Å². The van der Waals surface area contributed by atoms with Crippen molar-refractivity contribution >= 4 is 33.1 Å². The van der Waals surface area contributed by atoms with E-state index in [1.165, 1.54) is 13.2 Å². The van der Waals surface area contributed by atoms with Crippen LogP contribution in [0.15, 0.2) is 12.1 Å². The molecular weight excluding hydrogens is 298 g/mol. The Morgan fingerprint density at radius 2 is 2.10 bits per heavy atom. The Kier molecular flexibility index (Phi) is 3.99. The van der Waals surface area contributed by atoms with E-state index in [0.29, 0.717) is 4.70 Å². The van der Waals surface area contributed by atoms with Crippen molar-refractivity contribution in [2.24, 2.45) is 0 Å². The van der Waals surface area contributed by atoms with Crippen molar-refractivity contribution in [3.8, 4) is 11.5 Å². The number of methoxy groups -OCH3 is 1. The number of carbonyl (C=O) groups is 1. The van der Waals surface area contributed by atoms with Crippen LogP contribution in [0.2, 0.25) is 0 Å². The molecule has 1 aromatic carbocycles. The number of nitro groups is 1. The molecule has 0 aliphatic heterocycles. The molecule has 2 rings (SSSR count). The standard InChI is InChI=1S/C13H13NO6S/c1-6(2)20-11-9-8(21-12(11)13(15)16)5-4-7(19-3)10(9)14(17)18/h4-6H,1-3H3,(H,15,16). The molecule has 1 N–H and O–H groups in total. The Morgan fingerprint density at radius 1 is 1.43 bits per heavy atom. The van der Waals surface area contributed by atoms with E-state index in [9.17, 15) is 20.0 Å². The largest absolute Gasteiger partial charge is 0.490 e. The van der Waals surface area contributed by atoms with Crippen molar-refractivity contribution < 1.29 is 24.3 Å². The average Bonchev–Trinajstić information content (AvgIpc) is 2.75. The van der Waals surface area contributed by atoms with Gasteiger partial charge in [-0.3, -0.25) is 10.1 Å². The van der Waals surface area contributed by atoms with E-state index in [-0.39, 0.29) is 33.6 Å². The number of ether oxygens (including phenoxy) is 2. The second kappa shape index (κ2) is 5.57. The van der Waals surface area contributed by atoms with Gasteiger partial charge in [-0.2, -0.15) is 0 Å². The highest BCUT2D eigenvalue weighted by Gasteiger charge is 2.29. The van der Waals surface area contributed by atoms with Crippen LogP contribution in [0.1, 0.15) is 23.5 Å². The molecule has 0 saturated heterocycles. The van der Waals surface area contributed by atoms with Gasteiger partial charge in [0.1, 0.15) is 5.39 Å². The maximum absolute atomic E-state index is 11.3. The van der Waals surface area contributed by atoms with Crippen LogP contribution in [0.3, 0.4) is 0 Å². The Morgan fingerprint density at radius 3 is 2.57 bits per heavy atom. The van der Waals surface area contributed by atoms with Crippen LogP contribution >= 0.6 is 11.3 Å². The second-order valence-electron chi connectivity index (χ2n) is 4.48. The van der Waals surface area contributed by atoms with E-state index < -0.39 is 10.9 Å². The van der Waals surface area contributed by atoms with Gasteiger partial charge in [0.15, 0.2) is 16.4 Å². The molecule has 0 aliphatic carbocycles. The van der Waals surface area contributed by atoms with E-state index in [1.807, 2.05) is 0 Å². The van der Waals surface area contributed by atoms with Gasteiger partial charge in [0.25, 0.3) is 0 Å². The van der Waals surface area contributed by atoms with Gasteiger partial charge in [-0.15, -0.1) is 11.3 Å². The van der Waals surface area contributed by atoms with Gasteiger partial charge < -0.3 is 14.6 Å². The lowest BCUT2D eigenvalue weighted by Gasteiger charge is -2.10. The third-order valence-corrected chi connectivity index (χ3v) is 3.82. The van der Waals surface area contributed by atoms with Crippen molar-refractivity contribution in [1.29, 1.82) is 0 Å². The third kappa shape index (κ3) is 2.62. The minimum Gasteiger partial charge on any atom is -0.490 e. The predicted molar refractivity (Wildman–Crippen MR) is 77.8 cm³/mol. The summed E-state index contributed by atoms with van der Waals surface area (Å²) in [7, 11) is 1.32. The monoisotopic (exact) mass is 311 g/mol. The van der Waals surface area contributed by atoms with Crippen molar-refractivity contribution in [2.45, 2.75) is 20.0 Å². The lowest BCUT2D eigenvalue weighted by Crippen LogP contribution is -2.08. The molecule has 0 amide bonds. The Labute approximate surface area is 123 Å². The maximum atomic E-state index is 11.3. The molecule has 0 bridgehead atoms. The summed E-state index contributed by atoms with van der Waals surface area (Å²) >= 11 is 0.940. The molecule has 0 atom stereocenters. The summed E-state index contributed by atoms with van der Waals surface area (Å²) in [5, 5.41) is 20.8. The number of carboxylic acid groups (broad SMARTS) is 1. The summed E-state index contributed by atoms with van der Waals surface area (Å²) in [4.78, 5) is 22.0. The normalized spacial score (nSPS) is 10.9. The van der Waals surface area contributed by atoms with Crippen molar-refractivity contribution in [3.05, 3.63) is 27.1 Å². The number of nitro benzene ring substituents is 1. The highest BCUT2D eigenvalue weighted by Crippen LogP contribution is 2.47. The SMILES string of the molecule is COc1ccc2sc(C(=O)O)c(OC(C)C)c2c1[N+](=O)[O-]. The van der Waals surface area contributed by atoms with E-state index in [0.717, 1.165) is 11.3 Å². The Balaban J connectivity index is 2.89. The van der Waals surface area contributed by atoms with Crippen molar-refractivity contribution in [3.63, 3.8) is 0 Å². The number of hydrogen-bond donors (Lipinski definition) is 1. The van der Waals surface area contributed by atoms with Crippen LogP contribution in [-0.4, -0.2) is 29.2 Å². The first-order chi connectivity index (χ1) is 9.86. The van der Waals surface area contributed by atoms with E-state index in [1.54, 1.807) is 19.9 Å². The first kappa shape index (κ1) is 15.0. The summed E-state index contributed by atoms with van der Waals surface area (Å²) in [6.07, 6.45) is -0.313. The minimum absolute atomic E-state index is 0.0168. The molecule has 0 saturated carbocycles. The smallest absolute Gasteiger partial charge is 0.349 e. The number of fused-ring (bicyclic) bond motifs is 1. The topological polar surface area (TPSA) is 98.9 Å². The number of thiophene rings is 1. The molecule has 1 aromatic heterocycles. The first-order valence-electron chi connectivity index (χ1n) is 6.04. The fourth-order valence-electron chi connectivity index (χ4n) is 1.96. The van der Waals surface area contributed by atoms with Gasteiger partial charge in [-0.25, -0.2) is 4.79 Å². The third-order valence-electron chi connectivity index (χ3n) is 2.70. The second-order valence-corrected chi connectivity index (χ2v) is 5.53. The van der Waals surface area contributed by atoms with Gasteiger partial charge in [-0.05, 0) is 26.0 Å². The summed E-state index contributed by atoms with van der Waals surface area (Å²) in [5.74, 6) is -1.10. The van der Waals surface area contributed by atoms with E-state index >= 15 is 0 Å². The molecule has 0 unspecified atom stereocenters. The molecule has 2 aromatic rings. The van der Waals surface area contributed by atoms with Gasteiger partial charge in [-0.1, -0.05) is 0 Å². The van der Waals surface area contributed by atoms with Gasteiger partial charge in [0, 0.05) is 4.70 Å². The fraction of sp³-hybridized carbons (Fsp3) is 0.308. The summed E-state index contributed by atoms with van der Waals surface area (Å²) in [6, 6.07) is 3.03. The highest BCUT2D eigenvalue weighted by atomic mass is 32.1. The molecule has 1 heterocycles. The van der Waals surface area contributed by atoms with Crippen molar-refractivity contribution in [1.82, 2.24) is 0 Å². The van der Waals surface area contributed by atoms with Crippen LogP contribution in [0.25, 0.3) is 10.1 Å². The molecule has 0 spiro atoms. The zero-order valence-corrected chi connectivity index (χ0v) is 12.4. The molecule has 0 aliphatic rings. The predicted octanol–water partition coefficient (Wildman–Crippen LogP) is 3.30. The van der Waals surface area contributed by atoms with E-state index in [4.69, 9.17) is 9.47 Å². The maximum Gasteiger partial charge on any atom is 0.349 e. The van der Waals surface area contributed by atoms with Gasteiger partial charge in [0.2, 0.25) is 0 Å². The number of benzene rings is 1. The quantitative estimate of drug-likeness (QED) is 0.672. The molecule has 7 nitrogen and oxygen atoms in total. The summed E-state index contributed by atoms with van der Waals surface area (Å²) in [5.41, 5.74) is -0.283. The van der Waals surface area contributed by atoms with E-state index in [2.05, 4.69) is 0 Å². The Hall–Kier alpha value is -2.35. The average molecular weight is 311 g/mol. The zero-order chi connectivity index (χ0) is 15.7. The minimum atomic E-state index is -1.18. The van der Waals surface area contributed by atoms with Crippen LogP contribution in [0, 0.1) is 10.1 Å². The lowest BCUT2D eigenvalue weighted by molar-refractivity contribution is -0.384. The number of nitrogens with zero attached hydrogens (tertiary/aromatic N) is 1. The number of aromatic carboxylic acids is 1. The zero-order valence-electron chi connectivity index (χ0n) is 11.6. The number of hydrogen-bond acceptors (Lipinski definition) is 6. The molecule has 8 heteroatoms. The van der Waals surface area contributed by atoms with Crippen LogP contribution in [-0.2, 0) is 0 Å². The molecular formula is C13H13NO6S. The molecule has 21 heavy (non-hydrogen) atoms. The highest BCUT2D eigenvalue weighted by molar-refractivity contribution is 7.21. The lowest BCUT2D eigenvalue weighted by atomic mass is 10.2. The van der Waals surface area contributed by atoms with Gasteiger partial charge >= 0.3 is 11.7 Å². The molecule has 112 valence electrons. The van der Waals surface area contributed by atoms with Crippen LogP contribution in [0.4, 0.5) is 5.69 Å². The van der Waals surface area contributed by atoms with Gasteiger partial charge in [0.05, 0.1) is 18.1 Å². The first-order valence-corrected chi connectivity index (χ1v) is 6.86. The van der Waals surface area contributed by atoms with Crippen LogP contribution in [0.5, 0.6) is 11.5 Å². The number of rotatable bonds is 5. The fourth-order valence-corrected chi connectivity index (χ4v) is 2.94.